The van der Waals surface area contributed by atoms with E-state index in [-0.39, 0.29) is 5.91 Å². The smallest absolute Gasteiger partial charge is 0.250 e. The molecular weight excluding hydrogens is 363 g/mol. The molecule has 0 atom stereocenters. The summed E-state index contributed by atoms with van der Waals surface area (Å²) >= 11 is 13.1. The van der Waals surface area contributed by atoms with Crippen LogP contribution >= 0.6 is 34.5 Å². The second kappa shape index (κ2) is 7.62. The summed E-state index contributed by atoms with van der Waals surface area (Å²) in [5.74, 6) is -0.234. The number of hydrogen-bond donors (Lipinski definition) is 1. The molecule has 1 N–H and O–H groups in total. The third-order valence-corrected chi connectivity index (χ3v) is 4.43. The first-order chi connectivity index (χ1) is 11.6. The van der Waals surface area contributed by atoms with Gasteiger partial charge in [-0.2, -0.15) is 0 Å². The lowest BCUT2D eigenvalue weighted by atomic mass is 10.2. The summed E-state index contributed by atoms with van der Waals surface area (Å²) in [4.78, 5) is 16.4. The summed E-state index contributed by atoms with van der Waals surface area (Å²) in [6, 6.07) is 14.6. The zero-order chi connectivity index (χ0) is 16.9. The molecule has 3 nitrogen and oxygen atoms in total. The number of anilines is 1. The van der Waals surface area contributed by atoms with Crippen molar-refractivity contribution in [2.45, 2.75) is 0 Å². The number of nitrogens with one attached hydrogen (secondary N) is 1. The van der Waals surface area contributed by atoms with Crippen LogP contribution in [0.3, 0.4) is 0 Å². The molecule has 0 saturated carbocycles. The van der Waals surface area contributed by atoms with Gasteiger partial charge in [0, 0.05) is 27.1 Å². The van der Waals surface area contributed by atoms with Gasteiger partial charge in [0.15, 0.2) is 5.13 Å². The van der Waals surface area contributed by atoms with Crippen LogP contribution in [0.15, 0.2) is 60.0 Å². The van der Waals surface area contributed by atoms with Gasteiger partial charge in [0.2, 0.25) is 5.91 Å². The maximum absolute atomic E-state index is 12.0. The number of benzene rings is 2. The number of thiazole rings is 1. The molecule has 0 aliphatic carbocycles. The van der Waals surface area contributed by atoms with Gasteiger partial charge in [-0.05, 0) is 35.9 Å². The van der Waals surface area contributed by atoms with E-state index in [0.717, 1.165) is 16.8 Å². The fourth-order valence-corrected chi connectivity index (χ4v) is 2.95. The second-order valence-corrected chi connectivity index (χ2v) is 6.65. The second-order valence-electron chi connectivity index (χ2n) is 4.92. The molecule has 0 fully saturated rings. The SMILES string of the molecule is O=C(/C=C/c1ccc(Cl)cc1)Nc1nc(-c2ccc(Cl)cc2)cs1. The van der Waals surface area contributed by atoms with E-state index >= 15 is 0 Å². The van der Waals surface area contributed by atoms with E-state index in [4.69, 9.17) is 23.2 Å². The van der Waals surface area contributed by atoms with E-state index in [9.17, 15) is 4.79 Å². The van der Waals surface area contributed by atoms with Crippen LogP contribution in [0.25, 0.3) is 17.3 Å². The molecule has 1 heterocycles. The van der Waals surface area contributed by atoms with Crippen LogP contribution in [0.1, 0.15) is 5.56 Å². The minimum Gasteiger partial charge on any atom is -0.298 e. The molecule has 0 spiro atoms. The van der Waals surface area contributed by atoms with Crippen molar-refractivity contribution in [3.8, 4) is 11.3 Å². The van der Waals surface area contributed by atoms with E-state index in [1.165, 1.54) is 17.4 Å². The molecule has 0 bridgehead atoms. The van der Waals surface area contributed by atoms with Crippen molar-refractivity contribution in [3.63, 3.8) is 0 Å². The van der Waals surface area contributed by atoms with Crippen LogP contribution in [0.2, 0.25) is 10.0 Å². The zero-order valence-electron chi connectivity index (χ0n) is 12.4. The van der Waals surface area contributed by atoms with E-state index < -0.39 is 0 Å². The molecule has 3 aromatic rings. The van der Waals surface area contributed by atoms with E-state index in [0.29, 0.717) is 15.2 Å². The molecule has 24 heavy (non-hydrogen) atoms. The van der Waals surface area contributed by atoms with Gasteiger partial charge in [0.1, 0.15) is 0 Å². The Kier molecular flexibility index (Phi) is 5.30. The molecule has 6 heteroatoms. The molecule has 0 aliphatic heterocycles. The summed E-state index contributed by atoms with van der Waals surface area (Å²) in [5, 5.41) is 6.53. The van der Waals surface area contributed by atoms with Crippen LogP contribution in [0.4, 0.5) is 5.13 Å². The van der Waals surface area contributed by atoms with Crippen LogP contribution in [-0.4, -0.2) is 10.9 Å². The van der Waals surface area contributed by atoms with Gasteiger partial charge >= 0.3 is 0 Å². The lowest BCUT2D eigenvalue weighted by Crippen LogP contribution is -2.07. The zero-order valence-corrected chi connectivity index (χ0v) is 14.7. The standard InChI is InChI=1S/C18H12Cl2N2OS/c19-14-6-1-12(2-7-14)3-10-17(23)22-18-21-16(11-24-18)13-4-8-15(20)9-5-13/h1-11H,(H,21,22,23)/b10-3+. The van der Waals surface area contributed by atoms with Gasteiger partial charge in [-0.15, -0.1) is 11.3 Å². The third-order valence-electron chi connectivity index (χ3n) is 3.17. The number of hydrogen-bond acceptors (Lipinski definition) is 3. The highest BCUT2D eigenvalue weighted by Crippen LogP contribution is 2.26. The highest BCUT2D eigenvalue weighted by atomic mass is 35.5. The summed E-state index contributed by atoms with van der Waals surface area (Å²) < 4.78 is 0. The minimum atomic E-state index is -0.234. The molecule has 120 valence electrons. The van der Waals surface area contributed by atoms with Crippen molar-refractivity contribution in [3.05, 3.63) is 75.6 Å². The molecule has 0 saturated heterocycles. The van der Waals surface area contributed by atoms with Crippen molar-refractivity contribution in [2.24, 2.45) is 0 Å². The van der Waals surface area contributed by atoms with Crippen molar-refractivity contribution >= 4 is 51.7 Å². The van der Waals surface area contributed by atoms with E-state index in [2.05, 4.69) is 10.3 Å². The number of amides is 1. The molecule has 1 amide bonds. The number of carbonyl (C=O) groups is 1. The summed E-state index contributed by atoms with van der Waals surface area (Å²) in [5.41, 5.74) is 2.65. The molecule has 1 aromatic heterocycles. The first kappa shape index (κ1) is 16.7. The van der Waals surface area contributed by atoms with E-state index in [1.807, 2.05) is 41.8 Å². The highest BCUT2D eigenvalue weighted by Gasteiger charge is 2.06. The number of halogens is 2. The number of carbonyl (C=O) groups excluding carboxylic acids is 1. The third kappa shape index (κ3) is 4.45. The maximum atomic E-state index is 12.0. The van der Waals surface area contributed by atoms with Gasteiger partial charge in [-0.3, -0.25) is 10.1 Å². The van der Waals surface area contributed by atoms with Gasteiger partial charge in [0.25, 0.3) is 0 Å². The monoisotopic (exact) mass is 374 g/mol. The largest absolute Gasteiger partial charge is 0.298 e. The van der Waals surface area contributed by atoms with Crippen LogP contribution < -0.4 is 5.32 Å². The fourth-order valence-electron chi connectivity index (χ4n) is 1.98. The van der Waals surface area contributed by atoms with Crippen LogP contribution in [-0.2, 0) is 4.79 Å². The Morgan fingerprint density at radius 2 is 1.62 bits per heavy atom. The van der Waals surface area contributed by atoms with Gasteiger partial charge in [-0.1, -0.05) is 47.5 Å². The maximum Gasteiger partial charge on any atom is 0.250 e. The van der Waals surface area contributed by atoms with Gasteiger partial charge < -0.3 is 0 Å². The summed E-state index contributed by atoms with van der Waals surface area (Å²) in [6.07, 6.45) is 3.19. The Balaban J connectivity index is 1.64. The van der Waals surface area contributed by atoms with Crippen molar-refractivity contribution < 1.29 is 4.79 Å². The Morgan fingerprint density at radius 1 is 1.00 bits per heavy atom. The van der Waals surface area contributed by atoms with E-state index in [1.54, 1.807) is 18.2 Å². The Bertz CT molecular complexity index is 871. The molecule has 0 radical (unpaired) electrons. The molecule has 2 aromatic carbocycles. The highest BCUT2D eigenvalue weighted by molar-refractivity contribution is 7.14. The average molecular weight is 375 g/mol. The predicted molar refractivity (Wildman–Crippen MR) is 102 cm³/mol. The lowest BCUT2D eigenvalue weighted by Gasteiger charge is -1.98. The Hall–Kier alpha value is -2.14. The number of aromatic nitrogens is 1. The Morgan fingerprint density at radius 3 is 2.29 bits per heavy atom. The first-order valence-electron chi connectivity index (χ1n) is 7.06. The summed E-state index contributed by atoms with van der Waals surface area (Å²) in [7, 11) is 0. The van der Waals surface area contributed by atoms with Crippen molar-refractivity contribution in [1.29, 1.82) is 0 Å². The van der Waals surface area contributed by atoms with Crippen LogP contribution in [0, 0.1) is 0 Å². The summed E-state index contributed by atoms with van der Waals surface area (Å²) in [6.45, 7) is 0. The van der Waals surface area contributed by atoms with Crippen LogP contribution in [0.5, 0.6) is 0 Å². The lowest BCUT2D eigenvalue weighted by molar-refractivity contribution is -0.111. The molecule has 3 rings (SSSR count). The Labute approximate surface area is 153 Å². The number of rotatable bonds is 4. The van der Waals surface area contributed by atoms with Gasteiger partial charge in [-0.25, -0.2) is 4.98 Å². The quantitative estimate of drug-likeness (QED) is 0.589. The minimum absolute atomic E-state index is 0.234. The number of nitrogens with zero attached hydrogens (tertiary/aromatic N) is 1. The van der Waals surface area contributed by atoms with Gasteiger partial charge in [0.05, 0.1) is 5.69 Å². The average Bonchev–Trinajstić information content (AvgIpc) is 3.03. The fraction of sp³-hybridized carbons (Fsp3) is 0. The molecular formula is C18H12Cl2N2OS. The first-order valence-corrected chi connectivity index (χ1v) is 8.70. The topological polar surface area (TPSA) is 42.0 Å². The normalized spacial score (nSPS) is 10.9. The molecule has 0 aliphatic rings. The predicted octanol–water partition coefficient (Wildman–Crippen LogP) is 5.77. The van der Waals surface area contributed by atoms with Crippen molar-refractivity contribution in [1.82, 2.24) is 4.98 Å². The molecule has 0 unspecified atom stereocenters. The van der Waals surface area contributed by atoms with Crippen molar-refractivity contribution in [2.75, 3.05) is 5.32 Å².